The third-order valence-corrected chi connectivity index (χ3v) is 3.68. The molecule has 2 heterocycles. The Morgan fingerprint density at radius 2 is 2.00 bits per heavy atom. The van der Waals surface area contributed by atoms with E-state index >= 15 is 0 Å². The lowest BCUT2D eigenvalue weighted by Crippen LogP contribution is -2.41. The lowest BCUT2D eigenvalue weighted by molar-refractivity contribution is 0.0383. The molecule has 1 saturated heterocycles. The molecule has 110 valence electrons. The van der Waals surface area contributed by atoms with Crippen LogP contribution in [-0.2, 0) is 4.74 Å². The summed E-state index contributed by atoms with van der Waals surface area (Å²) in [6.45, 7) is 4.91. The second-order valence-corrected chi connectivity index (χ2v) is 5.13. The summed E-state index contributed by atoms with van der Waals surface area (Å²) in [5.41, 5.74) is 0.468. The highest BCUT2D eigenvalue weighted by molar-refractivity contribution is 5.96. The van der Waals surface area contributed by atoms with Crippen LogP contribution >= 0.6 is 0 Å². The third-order valence-electron chi connectivity index (χ3n) is 3.68. The number of amides is 1. The molecule has 0 atom stereocenters. The van der Waals surface area contributed by atoms with Gasteiger partial charge in [-0.3, -0.25) is 14.7 Å². The zero-order valence-electron chi connectivity index (χ0n) is 11.9. The van der Waals surface area contributed by atoms with Gasteiger partial charge >= 0.3 is 0 Å². The van der Waals surface area contributed by atoms with Crippen molar-refractivity contribution in [3.05, 3.63) is 42.2 Å². The Morgan fingerprint density at radius 1 is 1.24 bits per heavy atom. The standard InChI is InChI=1S/C16H19N3O2/c20-16(17-5-6-19-7-9-21-10-8-19)15-11-13-3-1-2-4-14(13)12-18-15/h1-4,11-12H,5-10H2,(H,17,20). The number of ether oxygens (including phenoxy) is 1. The quantitative estimate of drug-likeness (QED) is 0.920. The van der Waals surface area contributed by atoms with Gasteiger partial charge in [0.2, 0.25) is 0 Å². The smallest absolute Gasteiger partial charge is 0.269 e. The van der Waals surface area contributed by atoms with Gasteiger partial charge in [0.15, 0.2) is 0 Å². The van der Waals surface area contributed by atoms with Crippen molar-refractivity contribution in [1.29, 1.82) is 0 Å². The number of hydrogen-bond acceptors (Lipinski definition) is 4. The maximum absolute atomic E-state index is 12.1. The van der Waals surface area contributed by atoms with Gasteiger partial charge in [0.05, 0.1) is 13.2 Å². The zero-order chi connectivity index (χ0) is 14.5. The molecule has 5 heteroatoms. The van der Waals surface area contributed by atoms with E-state index in [1.54, 1.807) is 6.20 Å². The normalized spacial score (nSPS) is 16.0. The van der Waals surface area contributed by atoms with Crippen molar-refractivity contribution in [2.24, 2.45) is 0 Å². The molecule has 0 radical (unpaired) electrons. The molecule has 1 N–H and O–H groups in total. The summed E-state index contributed by atoms with van der Waals surface area (Å²) >= 11 is 0. The first-order chi connectivity index (χ1) is 10.3. The van der Waals surface area contributed by atoms with Crippen molar-refractivity contribution in [2.45, 2.75) is 0 Å². The SMILES string of the molecule is O=C(NCCN1CCOCC1)c1cc2ccccc2cn1. The molecule has 2 aromatic rings. The van der Waals surface area contributed by atoms with Crippen LogP contribution in [0, 0.1) is 0 Å². The van der Waals surface area contributed by atoms with Gasteiger partial charge in [-0.2, -0.15) is 0 Å². The number of hydrogen-bond donors (Lipinski definition) is 1. The van der Waals surface area contributed by atoms with Crippen LogP contribution in [0.3, 0.4) is 0 Å². The van der Waals surface area contributed by atoms with Crippen LogP contribution in [0.2, 0.25) is 0 Å². The molecule has 1 fully saturated rings. The van der Waals surface area contributed by atoms with Crippen molar-refractivity contribution in [3.8, 4) is 0 Å². The topological polar surface area (TPSA) is 54.5 Å². The summed E-state index contributed by atoms with van der Waals surface area (Å²) in [6.07, 6.45) is 1.74. The van der Waals surface area contributed by atoms with E-state index in [9.17, 15) is 4.79 Å². The van der Waals surface area contributed by atoms with Crippen LogP contribution in [0.15, 0.2) is 36.5 Å². The number of morpholine rings is 1. The molecule has 3 rings (SSSR count). The fraction of sp³-hybridized carbons (Fsp3) is 0.375. The second kappa shape index (κ2) is 6.65. The maximum atomic E-state index is 12.1. The molecule has 0 unspecified atom stereocenters. The maximum Gasteiger partial charge on any atom is 0.269 e. The molecule has 1 aliphatic heterocycles. The zero-order valence-corrected chi connectivity index (χ0v) is 11.9. The number of carbonyl (C=O) groups excluding carboxylic acids is 1. The van der Waals surface area contributed by atoms with Gasteiger partial charge in [0.25, 0.3) is 5.91 Å². The number of benzene rings is 1. The highest BCUT2D eigenvalue weighted by atomic mass is 16.5. The largest absolute Gasteiger partial charge is 0.379 e. The Bertz CT molecular complexity index is 624. The average Bonchev–Trinajstić information content (AvgIpc) is 2.55. The Morgan fingerprint density at radius 3 is 2.81 bits per heavy atom. The van der Waals surface area contributed by atoms with E-state index in [0.29, 0.717) is 12.2 Å². The first-order valence-electron chi connectivity index (χ1n) is 7.26. The minimum Gasteiger partial charge on any atom is -0.379 e. The molecule has 1 aromatic carbocycles. The van der Waals surface area contributed by atoms with Gasteiger partial charge in [0.1, 0.15) is 5.69 Å². The average molecular weight is 285 g/mol. The molecule has 0 aliphatic carbocycles. The van der Waals surface area contributed by atoms with Crippen molar-refractivity contribution in [2.75, 3.05) is 39.4 Å². The minimum atomic E-state index is -0.117. The second-order valence-electron chi connectivity index (χ2n) is 5.13. The van der Waals surface area contributed by atoms with Crippen molar-refractivity contribution in [3.63, 3.8) is 0 Å². The first-order valence-corrected chi connectivity index (χ1v) is 7.26. The van der Waals surface area contributed by atoms with E-state index in [0.717, 1.165) is 43.6 Å². The third kappa shape index (κ3) is 3.56. The summed E-state index contributed by atoms with van der Waals surface area (Å²) in [6, 6.07) is 9.73. The molecule has 21 heavy (non-hydrogen) atoms. The fourth-order valence-corrected chi connectivity index (χ4v) is 2.45. The molecule has 1 aromatic heterocycles. The van der Waals surface area contributed by atoms with Gasteiger partial charge < -0.3 is 10.1 Å². The number of nitrogens with one attached hydrogen (secondary N) is 1. The van der Waals surface area contributed by atoms with E-state index in [2.05, 4.69) is 15.2 Å². The van der Waals surface area contributed by atoms with Crippen LogP contribution in [0.4, 0.5) is 0 Å². The number of nitrogens with zero attached hydrogens (tertiary/aromatic N) is 2. The van der Waals surface area contributed by atoms with Crippen LogP contribution in [-0.4, -0.2) is 55.2 Å². The highest BCUT2D eigenvalue weighted by Crippen LogP contribution is 2.13. The lowest BCUT2D eigenvalue weighted by atomic mass is 10.1. The molecule has 5 nitrogen and oxygen atoms in total. The Balaban J connectivity index is 1.56. The van der Waals surface area contributed by atoms with Crippen molar-refractivity contribution >= 4 is 16.7 Å². The van der Waals surface area contributed by atoms with Gasteiger partial charge in [0, 0.05) is 37.8 Å². The van der Waals surface area contributed by atoms with E-state index in [4.69, 9.17) is 4.74 Å². The molecule has 0 saturated carbocycles. The molecule has 0 spiro atoms. The van der Waals surface area contributed by atoms with E-state index in [1.807, 2.05) is 30.3 Å². The Kier molecular flexibility index (Phi) is 4.43. The number of carbonyl (C=O) groups is 1. The van der Waals surface area contributed by atoms with Gasteiger partial charge in [-0.1, -0.05) is 24.3 Å². The summed E-state index contributed by atoms with van der Waals surface area (Å²) < 4.78 is 5.30. The first kappa shape index (κ1) is 14.0. The molecular formula is C16H19N3O2. The van der Waals surface area contributed by atoms with Crippen molar-refractivity contribution < 1.29 is 9.53 Å². The summed E-state index contributed by atoms with van der Waals surface area (Å²) in [5.74, 6) is -0.117. The van der Waals surface area contributed by atoms with Crippen LogP contribution in [0.1, 0.15) is 10.5 Å². The minimum absolute atomic E-state index is 0.117. The summed E-state index contributed by atoms with van der Waals surface area (Å²) in [4.78, 5) is 18.6. The van der Waals surface area contributed by atoms with Gasteiger partial charge in [-0.15, -0.1) is 0 Å². The lowest BCUT2D eigenvalue weighted by Gasteiger charge is -2.26. The number of aromatic nitrogens is 1. The fourth-order valence-electron chi connectivity index (χ4n) is 2.45. The predicted octanol–water partition coefficient (Wildman–Crippen LogP) is 1.30. The monoisotopic (exact) mass is 285 g/mol. The number of fused-ring (bicyclic) bond motifs is 1. The molecule has 0 bridgehead atoms. The highest BCUT2D eigenvalue weighted by Gasteiger charge is 2.11. The van der Waals surface area contributed by atoms with E-state index in [-0.39, 0.29) is 5.91 Å². The van der Waals surface area contributed by atoms with Gasteiger partial charge in [-0.25, -0.2) is 0 Å². The molecule has 1 amide bonds. The van der Waals surface area contributed by atoms with Crippen LogP contribution in [0.25, 0.3) is 10.8 Å². The van der Waals surface area contributed by atoms with Crippen LogP contribution < -0.4 is 5.32 Å². The number of rotatable bonds is 4. The predicted molar refractivity (Wildman–Crippen MR) is 81.3 cm³/mol. The molecular weight excluding hydrogens is 266 g/mol. The Labute approximate surface area is 123 Å². The van der Waals surface area contributed by atoms with Gasteiger partial charge in [-0.05, 0) is 11.5 Å². The summed E-state index contributed by atoms with van der Waals surface area (Å²) in [5, 5.41) is 5.00. The number of pyridine rings is 1. The van der Waals surface area contributed by atoms with Crippen LogP contribution in [0.5, 0.6) is 0 Å². The van der Waals surface area contributed by atoms with E-state index < -0.39 is 0 Å². The Hall–Kier alpha value is -1.98. The molecule has 1 aliphatic rings. The van der Waals surface area contributed by atoms with E-state index in [1.165, 1.54) is 0 Å². The summed E-state index contributed by atoms with van der Waals surface area (Å²) in [7, 11) is 0. The van der Waals surface area contributed by atoms with Crippen molar-refractivity contribution in [1.82, 2.24) is 15.2 Å².